The van der Waals surface area contributed by atoms with Gasteiger partial charge < -0.3 is 0 Å². The van der Waals surface area contributed by atoms with Crippen molar-refractivity contribution in [3.05, 3.63) is 41.1 Å². The summed E-state index contributed by atoms with van der Waals surface area (Å²) in [4.78, 5) is 10.6. The summed E-state index contributed by atoms with van der Waals surface area (Å²) in [5.74, 6) is -0.816. The molecule has 25 heavy (non-hydrogen) atoms. The van der Waals surface area contributed by atoms with Crippen LogP contribution in [0.3, 0.4) is 0 Å². The van der Waals surface area contributed by atoms with Crippen LogP contribution in [-0.2, 0) is 16.0 Å². The van der Waals surface area contributed by atoms with Crippen molar-refractivity contribution in [2.75, 3.05) is 6.26 Å². The standard InChI is InChI=1S/C13H7ClF4N4O2S/c1-25(23,24)12-19-7(4-8(14)20-12)10-11(13(16,17)18)21-9-3-2-6(15)5-22(9)10/h2-5H,1H3. The molecule has 0 aliphatic heterocycles. The minimum atomic E-state index is -4.89. The normalized spacial score (nSPS) is 12.7. The second kappa shape index (κ2) is 5.63. The predicted octanol–water partition coefficient (Wildman–Crippen LogP) is 3.01. The van der Waals surface area contributed by atoms with Gasteiger partial charge in [0.1, 0.15) is 22.3 Å². The number of nitrogens with zero attached hydrogens (tertiary/aromatic N) is 4. The lowest BCUT2D eigenvalue weighted by molar-refractivity contribution is -0.140. The van der Waals surface area contributed by atoms with Crippen molar-refractivity contribution in [2.24, 2.45) is 0 Å². The van der Waals surface area contributed by atoms with E-state index in [4.69, 9.17) is 11.6 Å². The van der Waals surface area contributed by atoms with E-state index in [2.05, 4.69) is 15.0 Å². The second-order valence-corrected chi connectivity index (χ2v) is 7.31. The van der Waals surface area contributed by atoms with E-state index < -0.39 is 44.1 Å². The highest BCUT2D eigenvalue weighted by molar-refractivity contribution is 7.90. The first kappa shape index (κ1) is 17.5. The average molecular weight is 395 g/mol. The number of aromatic nitrogens is 4. The summed E-state index contributed by atoms with van der Waals surface area (Å²) in [6.07, 6.45) is -3.33. The molecule has 0 N–H and O–H groups in total. The molecule has 0 spiro atoms. The van der Waals surface area contributed by atoms with E-state index >= 15 is 0 Å². The van der Waals surface area contributed by atoms with Gasteiger partial charge in [0.05, 0.1) is 5.69 Å². The molecule has 0 bridgehead atoms. The van der Waals surface area contributed by atoms with Crippen LogP contribution in [0, 0.1) is 5.82 Å². The first-order valence-corrected chi connectivity index (χ1v) is 8.73. The van der Waals surface area contributed by atoms with E-state index in [0.29, 0.717) is 0 Å². The number of hydrogen-bond donors (Lipinski definition) is 0. The summed E-state index contributed by atoms with van der Waals surface area (Å²) in [5, 5.41) is -1.14. The Morgan fingerprint density at radius 2 is 1.84 bits per heavy atom. The highest BCUT2D eigenvalue weighted by Gasteiger charge is 2.39. The first-order chi connectivity index (χ1) is 11.5. The van der Waals surface area contributed by atoms with Gasteiger partial charge in [-0.25, -0.2) is 27.8 Å². The summed E-state index contributed by atoms with van der Waals surface area (Å²) in [6, 6.07) is 2.94. The molecule has 0 atom stereocenters. The summed E-state index contributed by atoms with van der Waals surface area (Å²) in [5.41, 5.74) is -2.64. The van der Waals surface area contributed by atoms with Gasteiger partial charge in [-0.1, -0.05) is 11.6 Å². The molecule has 0 amide bonds. The Bertz CT molecular complexity index is 1100. The maximum atomic E-state index is 13.5. The Labute approximate surface area is 143 Å². The smallest absolute Gasteiger partial charge is 0.295 e. The summed E-state index contributed by atoms with van der Waals surface area (Å²) < 4.78 is 77.6. The van der Waals surface area contributed by atoms with E-state index in [1.807, 2.05) is 0 Å². The molecular formula is C13H7ClF4N4O2S. The molecule has 0 unspecified atom stereocenters. The van der Waals surface area contributed by atoms with Crippen LogP contribution < -0.4 is 0 Å². The number of sulfone groups is 1. The molecule has 3 aromatic heterocycles. The fourth-order valence-electron chi connectivity index (χ4n) is 2.15. The van der Waals surface area contributed by atoms with Crippen LogP contribution in [-0.4, -0.2) is 34.0 Å². The van der Waals surface area contributed by atoms with Crippen molar-refractivity contribution in [2.45, 2.75) is 11.3 Å². The summed E-state index contributed by atoms with van der Waals surface area (Å²) >= 11 is 5.72. The molecule has 3 aromatic rings. The van der Waals surface area contributed by atoms with Gasteiger partial charge in [-0.05, 0) is 12.1 Å². The zero-order chi connectivity index (χ0) is 18.6. The molecular weight excluding hydrogens is 388 g/mol. The summed E-state index contributed by atoms with van der Waals surface area (Å²) in [6.45, 7) is 0. The average Bonchev–Trinajstić information content (AvgIpc) is 2.84. The number of hydrogen-bond acceptors (Lipinski definition) is 5. The maximum absolute atomic E-state index is 13.5. The number of fused-ring (bicyclic) bond motifs is 1. The molecule has 6 nitrogen and oxygen atoms in total. The van der Waals surface area contributed by atoms with Gasteiger partial charge in [0.15, 0.2) is 5.69 Å². The third-order valence-corrected chi connectivity index (χ3v) is 4.14. The molecule has 132 valence electrons. The Hall–Kier alpha value is -2.27. The van der Waals surface area contributed by atoms with Gasteiger partial charge in [0.25, 0.3) is 0 Å². The molecule has 3 heterocycles. The zero-order valence-corrected chi connectivity index (χ0v) is 13.8. The Kier molecular flexibility index (Phi) is 3.95. The quantitative estimate of drug-likeness (QED) is 0.379. The van der Waals surface area contributed by atoms with Crippen molar-refractivity contribution in [1.29, 1.82) is 0 Å². The van der Waals surface area contributed by atoms with Crippen molar-refractivity contribution in [3.63, 3.8) is 0 Å². The minimum absolute atomic E-state index is 0.195. The van der Waals surface area contributed by atoms with Gasteiger partial charge in [-0.3, -0.25) is 4.40 Å². The fraction of sp³-hybridized carbons (Fsp3) is 0.154. The van der Waals surface area contributed by atoms with E-state index in [0.717, 1.165) is 35.1 Å². The Balaban J connectivity index is 2.42. The van der Waals surface area contributed by atoms with Gasteiger partial charge in [-0.2, -0.15) is 13.2 Å². The zero-order valence-electron chi connectivity index (χ0n) is 12.2. The topological polar surface area (TPSA) is 77.2 Å². The van der Waals surface area contributed by atoms with Crippen molar-refractivity contribution in [3.8, 4) is 11.4 Å². The lowest BCUT2D eigenvalue weighted by atomic mass is 10.2. The SMILES string of the molecule is CS(=O)(=O)c1nc(Cl)cc(-c2c(C(F)(F)F)nc3ccc(F)cn23)n1. The molecule has 0 radical (unpaired) electrons. The molecule has 0 saturated carbocycles. The molecule has 0 fully saturated rings. The number of alkyl halides is 3. The highest BCUT2D eigenvalue weighted by Crippen LogP contribution is 2.37. The largest absolute Gasteiger partial charge is 0.435 e. The van der Waals surface area contributed by atoms with E-state index in [1.54, 1.807) is 0 Å². The van der Waals surface area contributed by atoms with Crippen molar-refractivity contribution >= 4 is 27.1 Å². The third-order valence-electron chi connectivity index (χ3n) is 3.10. The number of rotatable bonds is 2. The van der Waals surface area contributed by atoms with Gasteiger partial charge in [-0.15, -0.1) is 0 Å². The van der Waals surface area contributed by atoms with Crippen LogP contribution in [0.25, 0.3) is 17.0 Å². The predicted molar refractivity (Wildman–Crippen MR) is 79.3 cm³/mol. The van der Waals surface area contributed by atoms with E-state index in [-0.39, 0.29) is 10.8 Å². The first-order valence-electron chi connectivity index (χ1n) is 6.46. The van der Waals surface area contributed by atoms with Crippen LogP contribution in [0.4, 0.5) is 17.6 Å². The van der Waals surface area contributed by atoms with Gasteiger partial charge in [0.2, 0.25) is 15.0 Å². The molecule has 12 heteroatoms. The third kappa shape index (κ3) is 3.29. The number of pyridine rings is 1. The number of imidazole rings is 1. The Morgan fingerprint density at radius 3 is 2.44 bits per heavy atom. The van der Waals surface area contributed by atoms with Crippen LogP contribution >= 0.6 is 11.6 Å². The van der Waals surface area contributed by atoms with Crippen LogP contribution in [0.15, 0.2) is 29.6 Å². The lowest BCUT2D eigenvalue weighted by Gasteiger charge is -2.09. The summed E-state index contributed by atoms with van der Waals surface area (Å²) in [7, 11) is -3.94. The monoisotopic (exact) mass is 394 g/mol. The van der Waals surface area contributed by atoms with E-state index in [9.17, 15) is 26.0 Å². The maximum Gasteiger partial charge on any atom is 0.435 e. The second-order valence-electron chi connectivity index (χ2n) is 5.01. The molecule has 0 aliphatic carbocycles. The van der Waals surface area contributed by atoms with Gasteiger partial charge in [0, 0.05) is 18.5 Å². The lowest BCUT2D eigenvalue weighted by Crippen LogP contribution is -2.10. The van der Waals surface area contributed by atoms with Crippen molar-refractivity contribution < 1.29 is 26.0 Å². The van der Waals surface area contributed by atoms with Crippen LogP contribution in [0.2, 0.25) is 5.15 Å². The van der Waals surface area contributed by atoms with Crippen LogP contribution in [0.1, 0.15) is 5.69 Å². The number of halogens is 5. The molecule has 0 aromatic carbocycles. The molecule has 0 aliphatic rings. The molecule has 0 saturated heterocycles. The minimum Gasteiger partial charge on any atom is -0.295 e. The Morgan fingerprint density at radius 1 is 1.16 bits per heavy atom. The fourth-order valence-corrected chi connectivity index (χ4v) is 2.91. The highest BCUT2D eigenvalue weighted by atomic mass is 35.5. The van der Waals surface area contributed by atoms with Crippen molar-refractivity contribution in [1.82, 2.24) is 19.4 Å². The molecule has 3 rings (SSSR count). The van der Waals surface area contributed by atoms with Gasteiger partial charge >= 0.3 is 6.18 Å². The van der Waals surface area contributed by atoms with E-state index in [1.165, 1.54) is 0 Å². The van der Waals surface area contributed by atoms with Crippen LogP contribution in [0.5, 0.6) is 0 Å².